The molecule has 0 aromatic carbocycles. The van der Waals surface area contributed by atoms with Gasteiger partial charge in [0.1, 0.15) is 0 Å². The molecule has 0 heterocycles. The van der Waals surface area contributed by atoms with Gasteiger partial charge >= 0.3 is 0 Å². The molecule has 1 aliphatic carbocycles. The minimum Gasteiger partial charge on any atom is -0.352 e. The fraction of sp³-hybridized carbons (Fsp3) is 0.929. The normalized spacial score (nSPS) is 26.1. The summed E-state index contributed by atoms with van der Waals surface area (Å²) in [6.07, 6.45) is 7.03. The molecule has 3 atom stereocenters. The monoisotopic (exact) mass is 272 g/mol. The van der Waals surface area contributed by atoms with Crippen molar-refractivity contribution in [3.63, 3.8) is 0 Å². The van der Waals surface area contributed by atoms with Crippen molar-refractivity contribution in [2.45, 2.75) is 70.2 Å². The largest absolute Gasteiger partial charge is 0.352 e. The first kappa shape index (κ1) is 15.8. The third-order valence-corrected chi connectivity index (χ3v) is 4.59. The van der Waals surface area contributed by atoms with Crippen molar-refractivity contribution in [2.75, 3.05) is 6.26 Å². The number of hydrogen-bond acceptors (Lipinski definition) is 3. The van der Waals surface area contributed by atoms with Crippen LogP contribution in [0.15, 0.2) is 0 Å². The summed E-state index contributed by atoms with van der Waals surface area (Å²) in [7, 11) is 0. The zero-order valence-corrected chi connectivity index (χ0v) is 13.0. The van der Waals surface area contributed by atoms with Gasteiger partial charge in [-0.3, -0.25) is 4.79 Å². The Hall–Kier alpha value is -0.220. The van der Waals surface area contributed by atoms with E-state index < -0.39 is 0 Å². The fourth-order valence-electron chi connectivity index (χ4n) is 2.74. The molecule has 1 fully saturated rings. The molecule has 0 spiro atoms. The van der Waals surface area contributed by atoms with Crippen LogP contribution in [0.5, 0.6) is 0 Å². The first-order valence-corrected chi connectivity index (χ1v) is 8.18. The third-order valence-electron chi connectivity index (χ3n) is 3.42. The van der Waals surface area contributed by atoms with Gasteiger partial charge in [-0.1, -0.05) is 27.2 Å². The van der Waals surface area contributed by atoms with Crippen molar-refractivity contribution in [1.29, 1.82) is 0 Å². The standard InChI is InChI=1S/C14H28N2OS/c1-14(2,3)9-10(15)8-13(17)16-11-6-5-7-12(11)18-4/h10-12H,5-9,15H2,1-4H3,(H,16,17). The van der Waals surface area contributed by atoms with E-state index in [4.69, 9.17) is 5.73 Å². The molecule has 0 saturated heterocycles. The number of hydrogen-bond donors (Lipinski definition) is 2. The van der Waals surface area contributed by atoms with Gasteiger partial charge in [-0.2, -0.15) is 11.8 Å². The van der Waals surface area contributed by atoms with Crippen LogP contribution in [0.2, 0.25) is 0 Å². The Bertz CT molecular complexity index is 275. The van der Waals surface area contributed by atoms with Crippen molar-refractivity contribution >= 4 is 17.7 Å². The Kier molecular flexibility index (Phi) is 5.99. The molecule has 0 aromatic rings. The van der Waals surface area contributed by atoms with Gasteiger partial charge in [-0.25, -0.2) is 0 Å². The second-order valence-corrected chi connectivity index (χ2v) is 7.68. The number of rotatable bonds is 5. The van der Waals surface area contributed by atoms with Gasteiger partial charge in [0.05, 0.1) is 0 Å². The van der Waals surface area contributed by atoms with Crippen LogP contribution in [0.3, 0.4) is 0 Å². The topological polar surface area (TPSA) is 55.1 Å². The average molecular weight is 272 g/mol. The Morgan fingerprint density at radius 2 is 2.11 bits per heavy atom. The van der Waals surface area contributed by atoms with Crippen LogP contribution in [0.25, 0.3) is 0 Å². The quantitative estimate of drug-likeness (QED) is 0.808. The lowest BCUT2D eigenvalue weighted by molar-refractivity contribution is -0.122. The number of carbonyl (C=O) groups is 1. The molecule has 0 radical (unpaired) electrons. The molecule has 0 aliphatic heterocycles. The summed E-state index contributed by atoms with van der Waals surface area (Å²) in [4.78, 5) is 12.0. The van der Waals surface area contributed by atoms with E-state index in [0.29, 0.717) is 17.7 Å². The zero-order chi connectivity index (χ0) is 13.8. The number of nitrogens with one attached hydrogen (secondary N) is 1. The minimum absolute atomic E-state index is 0.0286. The molecule has 0 bridgehead atoms. The van der Waals surface area contributed by atoms with E-state index in [-0.39, 0.29) is 17.4 Å². The van der Waals surface area contributed by atoms with Crippen molar-refractivity contribution in [2.24, 2.45) is 11.1 Å². The zero-order valence-electron chi connectivity index (χ0n) is 12.2. The van der Waals surface area contributed by atoms with Crippen LogP contribution in [-0.4, -0.2) is 29.5 Å². The van der Waals surface area contributed by atoms with Gasteiger partial charge in [0, 0.05) is 23.8 Å². The molecule has 3 nitrogen and oxygen atoms in total. The summed E-state index contributed by atoms with van der Waals surface area (Å²) in [5.41, 5.74) is 6.23. The maximum Gasteiger partial charge on any atom is 0.221 e. The highest BCUT2D eigenvalue weighted by Crippen LogP contribution is 2.28. The molecule has 106 valence electrons. The fourth-order valence-corrected chi connectivity index (χ4v) is 3.67. The average Bonchev–Trinajstić information content (AvgIpc) is 2.61. The van der Waals surface area contributed by atoms with Crippen molar-refractivity contribution in [3.8, 4) is 0 Å². The van der Waals surface area contributed by atoms with Gasteiger partial charge in [0.15, 0.2) is 0 Å². The van der Waals surface area contributed by atoms with Crippen LogP contribution in [0.4, 0.5) is 0 Å². The van der Waals surface area contributed by atoms with Gasteiger partial charge in [0.25, 0.3) is 0 Å². The summed E-state index contributed by atoms with van der Waals surface area (Å²) in [5.74, 6) is 0.123. The maximum absolute atomic E-state index is 12.0. The predicted molar refractivity (Wildman–Crippen MR) is 79.7 cm³/mol. The van der Waals surface area contributed by atoms with E-state index >= 15 is 0 Å². The van der Waals surface area contributed by atoms with Gasteiger partial charge in [0.2, 0.25) is 5.91 Å². The summed E-state index contributed by atoms with van der Waals surface area (Å²) in [6, 6.07) is 0.327. The minimum atomic E-state index is -0.0286. The summed E-state index contributed by atoms with van der Waals surface area (Å²) in [6.45, 7) is 6.47. The Labute approximate surface area is 116 Å². The molecule has 1 saturated carbocycles. The molecular weight excluding hydrogens is 244 g/mol. The molecule has 1 amide bonds. The highest BCUT2D eigenvalue weighted by Gasteiger charge is 2.28. The van der Waals surface area contributed by atoms with Gasteiger partial charge in [-0.05, 0) is 30.9 Å². The van der Waals surface area contributed by atoms with Gasteiger partial charge in [-0.15, -0.1) is 0 Å². The maximum atomic E-state index is 12.0. The molecule has 1 aliphatic rings. The highest BCUT2D eigenvalue weighted by atomic mass is 32.2. The van der Waals surface area contributed by atoms with Crippen LogP contribution in [-0.2, 0) is 4.79 Å². The SMILES string of the molecule is CSC1CCCC1NC(=O)CC(N)CC(C)(C)C. The molecule has 1 rings (SSSR count). The molecule has 0 aromatic heterocycles. The van der Waals surface area contributed by atoms with Crippen molar-refractivity contribution in [1.82, 2.24) is 5.32 Å². The lowest BCUT2D eigenvalue weighted by atomic mass is 9.87. The summed E-state index contributed by atoms with van der Waals surface area (Å²) in [5, 5.41) is 3.75. The van der Waals surface area contributed by atoms with Crippen molar-refractivity contribution in [3.05, 3.63) is 0 Å². The second-order valence-electron chi connectivity index (χ2n) is 6.61. The first-order valence-electron chi connectivity index (χ1n) is 6.89. The molecule has 4 heteroatoms. The van der Waals surface area contributed by atoms with Crippen molar-refractivity contribution < 1.29 is 4.79 Å². The summed E-state index contributed by atoms with van der Waals surface area (Å²) >= 11 is 1.87. The van der Waals surface area contributed by atoms with E-state index in [9.17, 15) is 4.79 Å². The van der Waals surface area contributed by atoms with Gasteiger partial charge < -0.3 is 11.1 Å². The van der Waals surface area contributed by atoms with Crippen LogP contribution in [0, 0.1) is 5.41 Å². The smallest absolute Gasteiger partial charge is 0.221 e. The Morgan fingerprint density at radius 1 is 1.44 bits per heavy atom. The molecule has 3 unspecified atom stereocenters. The highest BCUT2D eigenvalue weighted by molar-refractivity contribution is 7.99. The molecule has 3 N–H and O–H groups in total. The van der Waals surface area contributed by atoms with Crippen LogP contribution in [0.1, 0.15) is 52.9 Å². The van der Waals surface area contributed by atoms with E-state index in [1.165, 1.54) is 12.8 Å². The third kappa shape index (κ3) is 5.61. The number of thioether (sulfide) groups is 1. The number of carbonyl (C=O) groups excluding carboxylic acids is 1. The second kappa shape index (κ2) is 6.80. The van der Waals surface area contributed by atoms with Crippen LogP contribution < -0.4 is 11.1 Å². The molecule has 18 heavy (non-hydrogen) atoms. The first-order chi connectivity index (χ1) is 8.31. The van der Waals surface area contributed by atoms with E-state index in [2.05, 4.69) is 32.3 Å². The van der Waals surface area contributed by atoms with E-state index in [1.807, 2.05) is 11.8 Å². The van der Waals surface area contributed by atoms with E-state index in [1.54, 1.807) is 0 Å². The van der Waals surface area contributed by atoms with Crippen LogP contribution >= 0.6 is 11.8 Å². The summed E-state index contributed by atoms with van der Waals surface area (Å²) < 4.78 is 0. The molecular formula is C14H28N2OS. The number of nitrogens with two attached hydrogens (primary N) is 1. The lowest BCUT2D eigenvalue weighted by Gasteiger charge is -2.24. The van der Waals surface area contributed by atoms with E-state index in [0.717, 1.165) is 12.8 Å². The predicted octanol–water partition coefficient (Wildman–Crippen LogP) is 2.54. The Morgan fingerprint density at radius 3 is 2.67 bits per heavy atom. The number of amides is 1. The lowest BCUT2D eigenvalue weighted by Crippen LogP contribution is -2.41. The Balaban J connectivity index is 2.33.